The minimum atomic E-state index is -4.10. The predicted molar refractivity (Wildman–Crippen MR) is 80.7 cm³/mol. The molecule has 7 heteroatoms. The first-order valence-electron chi connectivity index (χ1n) is 6.68. The molecule has 118 valence electrons. The molecule has 0 aliphatic rings. The van der Waals surface area contributed by atoms with Gasteiger partial charge in [-0.3, -0.25) is 4.79 Å². The van der Waals surface area contributed by atoms with Crippen LogP contribution in [0.4, 0.5) is 4.39 Å². The van der Waals surface area contributed by atoms with Crippen molar-refractivity contribution in [3.8, 4) is 0 Å². The Hall–Kier alpha value is -1.14. The van der Waals surface area contributed by atoms with Gasteiger partial charge in [0.05, 0.1) is 4.90 Å². The summed E-state index contributed by atoms with van der Waals surface area (Å²) in [7, 11) is 2.79. The number of nitrogens with zero attached hydrogens (tertiary/aromatic N) is 1. The third-order valence-electron chi connectivity index (χ3n) is 3.26. The first-order chi connectivity index (χ1) is 9.68. The summed E-state index contributed by atoms with van der Waals surface area (Å²) in [5.41, 5.74) is 0.187. The highest BCUT2D eigenvalue weighted by Crippen LogP contribution is 2.25. The van der Waals surface area contributed by atoms with E-state index in [1.807, 2.05) is 0 Å². The Morgan fingerprint density at radius 2 is 1.95 bits per heavy atom. The molecule has 0 saturated carbocycles. The van der Waals surface area contributed by atoms with Crippen LogP contribution in [-0.4, -0.2) is 32.8 Å². The van der Waals surface area contributed by atoms with E-state index >= 15 is 0 Å². The zero-order chi connectivity index (χ0) is 16.2. The highest BCUT2D eigenvalue weighted by atomic mass is 35.7. The maximum absolute atomic E-state index is 13.6. The van der Waals surface area contributed by atoms with Gasteiger partial charge in [-0.15, -0.1) is 0 Å². The van der Waals surface area contributed by atoms with Crippen molar-refractivity contribution in [3.05, 3.63) is 29.1 Å². The molecule has 1 aromatic rings. The fourth-order valence-corrected chi connectivity index (χ4v) is 3.25. The molecule has 0 saturated heterocycles. The maximum atomic E-state index is 13.6. The van der Waals surface area contributed by atoms with E-state index in [0.717, 1.165) is 31.4 Å². The number of rotatable bonds is 6. The van der Waals surface area contributed by atoms with Crippen molar-refractivity contribution in [2.24, 2.45) is 0 Å². The lowest BCUT2D eigenvalue weighted by Crippen LogP contribution is -2.28. The highest BCUT2D eigenvalue weighted by Gasteiger charge is 2.22. The molecule has 1 rings (SSSR count). The molecule has 0 N–H and O–H groups in total. The maximum Gasteiger partial charge on any atom is 0.261 e. The SMILES string of the molecule is CCCCCN(C)C(=O)c1cc(F)cc(S(=O)(=O)Cl)c1C. The number of halogens is 2. The normalized spacial score (nSPS) is 11.5. The zero-order valence-electron chi connectivity index (χ0n) is 12.3. The third-order valence-corrected chi connectivity index (χ3v) is 4.71. The first-order valence-corrected chi connectivity index (χ1v) is 8.99. The Kier molecular flexibility index (Phi) is 6.16. The van der Waals surface area contributed by atoms with Crippen LogP contribution in [-0.2, 0) is 9.05 Å². The van der Waals surface area contributed by atoms with Gasteiger partial charge in [0.15, 0.2) is 0 Å². The molecule has 0 bridgehead atoms. The summed E-state index contributed by atoms with van der Waals surface area (Å²) in [6, 6.07) is 1.87. The Bertz CT molecular complexity index is 631. The topological polar surface area (TPSA) is 54.5 Å². The van der Waals surface area contributed by atoms with Crippen LogP contribution in [0.25, 0.3) is 0 Å². The van der Waals surface area contributed by atoms with E-state index in [2.05, 4.69) is 6.92 Å². The second kappa shape index (κ2) is 7.22. The summed E-state index contributed by atoms with van der Waals surface area (Å²) in [4.78, 5) is 13.4. The second-order valence-corrected chi connectivity index (χ2v) is 7.48. The lowest BCUT2D eigenvalue weighted by Gasteiger charge is -2.19. The summed E-state index contributed by atoms with van der Waals surface area (Å²) in [6.07, 6.45) is 2.85. The summed E-state index contributed by atoms with van der Waals surface area (Å²) in [5, 5.41) is 0. The van der Waals surface area contributed by atoms with Crippen molar-refractivity contribution < 1.29 is 17.6 Å². The van der Waals surface area contributed by atoms with Gasteiger partial charge in [0.1, 0.15) is 5.82 Å². The van der Waals surface area contributed by atoms with Gasteiger partial charge < -0.3 is 4.90 Å². The largest absolute Gasteiger partial charge is 0.342 e. The van der Waals surface area contributed by atoms with Crippen LogP contribution in [0.5, 0.6) is 0 Å². The van der Waals surface area contributed by atoms with Crippen molar-refractivity contribution in [1.29, 1.82) is 0 Å². The minimum Gasteiger partial charge on any atom is -0.342 e. The van der Waals surface area contributed by atoms with E-state index in [9.17, 15) is 17.6 Å². The Labute approximate surface area is 129 Å². The molecule has 0 heterocycles. The molecule has 0 fully saturated rings. The molecular formula is C14H19ClFNO3S. The molecule has 0 atom stereocenters. The number of hydrogen-bond acceptors (Lipinski definition) is 3. The van der Waals surface area contributed by atoms with Crippen LogP contribution in [0, 0.1) is 12.7 Å². The molecule has 0 aliphatic carbocycles. The van der Waals surface area contributed by atoms with Crippen molar-refractivity contribution in [3.63, 3.8) is 0 Å². The quantitative estimate of drug-likeness (QED) is 0.592. The van der Waals surface area contributed by atoms with E-state index < -0.39 is 20.8 Å². The second-order valence-electron chi connectivity index (χ2n) is 4.95. The number of benzene rings is 1. The van der Waals surface area contributed by atoms with Gasteiger partial charge in [-0.05, 0) is 31.0 Å². The summed E-state index contributed by atoms with van der Waals surface area (Å²) in [5.74, 6) is -1.21. The van der Waals surface area contributed by atoms with Gasteiger partial charge in [-0.2, -0.15) is 0 Å². The molecule has 0 aromatic heterocycles. The van der Waals surface area contributed by atoms with Gasteiger partial charge in [-0.1, -0.05) is 19.8 Å². The van der Waals surface area contributed by atoms with Crippen LogP contribution in [0.2, 0.25) is 0 Å². The standard InChI is InChI=1S/C14H19ClFNO3S/c1-4-5-6-7-17(3)14(18)12-8-11(16)9-13(10(12)2)21(15,19)20/h8-9H,4-7H2,1-3H3. The van der Waals surface area contributed by atoms with E-state index in [1.54, 1.807) is 7.05 Å². The highest BCUT2D eigenvalue weighted by molar-refractivity contribution is 8.13. The molecular weight excluding hydrogens is 317 g/mol. The van der Waals surface area contributed by atoms with Crippen LogP contribution in [0.1, 0.15) is 42.1 Å². The molecule has 21 heavy (non-hydrogen) atoms. The summed E-state index contributed by atoms with van der Waals surface area (Å²) < 4.78 is 36.4. The fraction of sp³-hybridized carbons (Fsp3) is 0.500. The number of unbranched alkanes of at least 4 members (excludes halogenated alkanes) is 2. The number of hydrogen-bond donors (Lipinski definition) is 0. The fourth-order valence-electron chi connectivity index (χ4n) is 2.04. The molecule has 4 nitrogen and oxygen atoms in total. The van der Waals surface area contributed by atoms with Crippen LogP contribution in [0.3, 0.4) is 0 Å². The van der Waals surface area contributed by atoms with Gasteiger partial charge in [0.2, 0.25) is 0 Å². The average molecular weight is 336 g/mol. The van der Waals surface area contributed by atoms with Crippen LogP contribution in [0.15, 0.2) is 17.0 Å². The average Bonchev–Trinajstić information content (AvgIpc) is 2.39. The van der Waals surface area contributed by atoms with Gasteiger partial charge in [-0.25, -0.2) is 12.8 Å². The van der Waals surface area contributed by atoms with Gasteiger partial charge >= 0.3 is 0 Å². The molecule has 0 spiro atoms. The molecule has 0 aliphatic heterocycles. The lowest BCUT2D eigenvalue weighted by molar-refractivity contribution is 0.0791. The van der Waals surface area contributed by atoms with Crippen molar-refractivity contribution >= 4 is 25.6 Å². The Balaban J connectivity index is 3.13. The van der Waals surface area contributed by atoms with Crippen molar-refractivity contribution in [2.45, 2.75) is 38.0 Å². The number of carbonyl (C=O) groups excluding carboxylic acids is 1. The number of carbonyl (C=O) groups is 1. The first kappa shape index (κ1) is 17.9. The van der Waals surface area contributed by atoms with Crippen LogP contribution < -0.4 is 0 Å². The summed E-state index contributed by atoms with van der Waals surface area (Å²) >= 11 is 0. The zero-order valence-corrected chi connectivity index (χ0v) is 13.9. The van der Waals surface area contributed by atoms with E-state index in [-0.39, 0.29) is 16.0 Å². The number of amides is 1. The molecule has 1 aromatic carbocycles. The van der Waals surface area contributed by atoms with E-state index in [0.29, 0.717) is 6.54 Å². The van der Waals surface area contributed by atoms with Crippen molar-refractivity contribution in [2.75, 3.05) is 13.6 Å². The van der Waals surface area contributed by atoms with Crippen molar-refractivity contribution in [1.82, 2.24) is 4.90 Å². The predicted octanol–water partition coefficient (Wildman–Crippen LogP) is 3.32. The van der Waals surface area contributed by atoms with Crippen LogP contribution >= 0.6 is 10.7 Å². The monoisotopic (exact) mass is 335 g/mol. The van der Waals surface area contributed by atoms with E-state index in [1.165, 1.54) is 11.8 Å². The third kappa shape index (κ3) is 4.68. The molecule has 0 unspecified atom stereocenters. The minimum absolute atomic E-state index is 0.0215. The lowest BCUT2D eigenvalue weighted by atomic mass is 10.1. The van der Waals surface area contributed by atoms with Gasteiger partial charge in [0, 0.05) is 29.8 Å². The Morgan fingerprint density at radius 3 is 2.48 bits per heavy atom. The Morgan fingerprint density at radius 1 is 1.33 bits per heavy atom. The van der Waals surface area contributed by atoms with E-state index in [4.69, 9.17) is 10.7 Å². The van der Waals surface area contributed by atoms with Gasteiger partial charge in [0.25, 0.3) is 15.0 Å². The molecule has 0 radical (unpaired) electrons. The summed E-state index contributed by atoms with van der Waals surface area (Å²) in [6.45, 7) is 4.03. The smallest absolute Gasteiger partial charge is 0.261 e. The molecule has 1 amide bonds.